The summed E-state index contributed by atoms with van der Waals surface area (Å²) in [6.45, 7) is 1.25. The molecule has 2 nitrogen and oxygen atoms in total. The van der Waals surface area contributed by atoms with Gasteiger partial charge in [-0.3, -0.25) is 0 Å². The van der Waals surface area contributed by atoms with Crippen LogP contribution >= 0.6 is 0 Å². The first-order valence-electron chi connectivity index (χ1n) is 5.65. The van der Waals surface area contributed by atoms with Crippen molar-refractivity contribution in [1.29, 1.82) is 0 Å². The molecule has 15 heavy (non-hydrogen) atoms. The van der Waals surface area contributed by atoms with Gasteiger partial charge < -0.3 is 9.84 Å². The van der Waals surface area contributed by atoms with E-state index < -0.39 is 5.60 Å². The smallest absolute Gasteiger partial charge is 0.0936 e. The standard InChI is InChI=1S/C13H16O2/c14-13(6-7-15-9-13)12-8-11(12)10-4-2-1-3-5-10/h1-5,11-12,14H,6-9H2. The summed E-state index contributed by atoms with van der Waals surface area (Å²) in [4.78, 5) is 0. The van der Waals surface area contributed by atoms with E-state index >= 15 is 0 Å². The highest BCUT2D eigenvalue weighted by Crippen LogP contribution is 2.55. The van der Waals surface area contributed by atoms with Crippen molar-refractivity contribution >= 4 is 0 Å². The zero-order valence-electron chi connectivity index (χ0n) is 8.73. The molecule has 3 rings (SSSR count). The van der Waals surface area contributed by atoms with E-state index in [1.54, 1.807) is 0 Å². The Morgan fingerprint density at radius 3 is 2.73 bits per heavy atom. The topological polar surface area (TPSA) is 29.5 Å². The summed E-state index contributed by atoms with van der Waals surface area (Å²) >= 11 is 0. The third kappa shape index (κ3) is 1.58. The molecule has 1 N–H and O–H groups in total. The Kier molecular flexibility index (Phi) is 2.08. The second-order valence-electron chi connectivity index (χ2n) is 4.77. The van der Waals surface area contributed by atoms with Crippen LogP contribution in [0, 0.1) is 5.92 Å². The molecule has 1 aliphatic carbocycles. The minimum atomic E-state index is -0.541. The van der Waals surface area contributed by atoms with Crippen molar-refractivity contribution in [1.82, 2.24) is 0 Å². The lowest BCUT2D eigenvalue weighted by atomic mass is 9.94. The molecule has 1 saturated heterocycles. The predicted octanol–water partition coefficient (Wildman–Crippen LogP) is 1.94. The average molecular weight is 204 g/mol. The molecule has 1 aliphatic heterocycles. The van der Waals surface area contributed by atoms with Crippen molar-refractivity contribution in [2.24, 2.45) is 5.92 Å². The van der Waals surface area contributed by atoms with Gasteiger partial charge in [0.1, 0.15) is 0 Å². The minimum Gasteiger partial charge on any atom is -0.387 e. The lowest BCUT2D eigenvalue weighted by Crippen LogP contribution is -2.32. The molecule has 0 spiro atoms. The van der Waals surface area contributed by atoms with Crippen LogP contribution in [0.1, 0.15) is 24.3 Å². The van der Waals surface area contributed by atoms with Crippen molar-refractivity contribution < 1.29 is 9.84 Å². The molecule has 3 unspecified atom stereocenters. The van der Waals surface area contributed by atoms with Gasteiger partial charge in [0.25, 0.3) is 0 Å². The van der Waals surface area contributed by atoms with Gasteiger partial charge in [-0.05, 0) is 23.8 Å². The summed E-state index contributed by atoms with van der Waals surface area (Å²) < 4.78 is 5.30. The lowest BCUT2D eigenvalue weighted by molar-refractivity contribution is 0.00541. The SMILES string of the molecule is OC1(C2CC2c2ccccc2)CCOC1. The van der Waals surface area contributed by atoms with Crippen LogP contribution in [-0.2, 0) is 4.74 Å². The molecule has 0 radical (unpaired) electrons. The van der Waals surface area contributed by atoms with Gasteiger partial charge in [0.05, 0.1) is 12.2 Å². The number of ether oxygens (including phenoxy) is 1. The van der Waals surface area contributed by atoms with Crippen molar-refractivity contribution in [3.8, 4) is 0 Å². The van der Waals surface area contributed by atoms with Crippen molar-refractivity contribution in [2.45, 2.75) is 24.4 Å². The quantitative estimate of drug-likeness (QED) is 0.797. The molecule has 3 atom stereocenters. The molecule has 2 aliphatic rings. The molecular weight excluding hydrogens is 188 g/mol. The largest absolute Gasteiger partial charge is 0.387 e. The summed E-state index contributed by atoms with van der Waals surface area (Å²) in [5.74, 6) is 0.972. The van der Waals surface area contributed by atoms with Crippen LogP contribution in [0.4, 0.5) is 0 Å². The van der Waals surface area contributed by atoms with Gasteiger partial charge in [-0.1, -0.05) is 30.3 Å². The fourth-order valence-corrected chi connectivity index (χ4v) is 2.72. The Labute approximate surface area is 89.9 Å². The van der Waals surface area contributed by atoms with E-state index in [4.69, 9.17) is 4.74 Å². The van der Waals surface area contributed by atoms with Gasteiger partial charge in [-0.2, -0.15) is 0 Å². The number of aliphatic hydroxyl groups is 1. The summed E-state index contributed by atoms with van der Waals surface area (Å²) in [6, 6.07) is 10.5. The second-order valence-corrected chi connectivity index (χ2v) is 4.77. The van der Waals surface area contributed by atoms with Crippen LogP contribution < -0.4 is 0 Å². The second kappa shape index (κ2) is 3.32. The first-order chi connectivity index (χ1) is 7.30. The zero-order valence-corrected chi connectivity index (χ0v) is 8.73. The number of benzene rings is 1. The molecule has 1 aromatic carbocycles. The number of hydrogen-bond donors (Lipinski definition) is 1. The van der Waals surface area contributed by atoms with Crippen LogP contribution in [0.3, 0.4) is 0 Å². The first kappa shape index (κ1) is 9.37. The summed E-state index contributed by atoms with van der Waals surface area (Å²) in [5.41, 5.74) is 0.823. The Morgan fingerprint density at radius 1 is 1.27 bits per heavy atom. The summed E-state index contributed by atoms with van der Waals surface area (Å²) in [6.07, 6.45) is 1.92. The van der Waals surface area contributed by atoms with Gasteiger partial charge in [-0.15, -0.1) is 0 Å². The van der Waals surface area contributed by atoms with Gasteiger partial charge in [-0.25, -0.2) is 0 Å². The minimum absolute atomic E-state index is 0.419. The van der Waals surface area contributed by atoms with E-state index in [1.807, 2.05) is 6.07 Å². The van der Waals surface area contributed by atoms with Crippen molar-refractivity contribution in [3.63, 3.8) is 0 Å². The van der Waals surface area contributed by atoms with Gasteiger partial charge in [0.15, 0.2) is 0 Å². The Bertz CT molecular complexity index is 341. The van der Waals surface area contributed by atoms with E-state index in [1.165, 1.54) is 5.56 Å². The van der Waals surface area contributed by atoms with Crippen molar-refractivity contribution in [3.05, 3.63) is 35.9 Å². The molecule has 1 aromatic rings. The Hall–Kier alpha value is -0.860. The maximum absolute atomic E-state index is 10.3. The van der Waals surface area contributed by atoms with E-state index in [0.29, 0.717) is 25.0 Å². The highest BCUT2D eigenvalue weighted by Gasteiger charge is 2.53. The molecule has 0 aromatic heterocycles. The first-order valence-corrected chi connectivity index (χ1v) is 5.65. The predicted molar refractivity (Wildman–Crippen MR) is 57.7 cm³/mol. The monoisotopic (exact) mass is 204 g/mol. The van der Waals surface area contributed by atoms with Crippen LogP contribution in [0.2, 0.25) is 0 Å². The van der Waals surface area contributed by atoms with E-state index in [2.05, 4.69) is 24.3 Å². The maximum Gasteiger partial charge on any atom is 0.0936 e. The molecule has 2 heteroatoms. The molecule has 0 amide bonds. The van der Waals surface area contributed by atoms with E-state index in [-0.39, 0.29) is 0 Å². The summed E-state index contributed by atoms with van der Waals surface area (Å²) in [5, 5.41) is 10.3. The van der Waals surface area contributed by atoms with Gasteiger partial charge in [0, 0.05) is 13.0 Å². The normalized spacial score (nSPS) is 39.3. The van der Waals surface area contributed by atoms with E-state index in [0.717, 1.165) is 12.8 Å². The van der Waals surface area contributed by atoms with Gasteiger partial charge >= 0.3 is 0 Å². The number of rotatable bonds is 2. The van der Waals surface area contributed by atoms with Crippen molar-refractivity contribution in [2.75, 3.05) is 13.2 Å². The van der Waals surface area contributed by atoms with E-state index in [9.17, 15) is 5.11 Å². The molecule has 1 saturated carbocycles. The van der Waals surface area contributed by atoms with Crippen LogP contribution in [0.5, 0.6) is 0 Å². The Balaban J connectivity index is 1.74. The molecule has 80 valence electrons. The van der Waals surface area contributed by atoms with Crippen LogP contribution in [0.15, 0.2) is 30.3 Å². The Morgan fingerprint density at radius 2 is 2.07 bits per heavy atom. The highest BCUT2D eigenvalue weighted by molar-refractivity contribution is 5.28. The van der Waals surface area contributed by atoms with Crippen LogP contribution in [-0.4, -0.2) is 23.9 Å². The highest BCUT2D eigenvalue weighted by atomic mass is 16.5. The third-order valence-electron chi connectivity index (χ3n) is 3.74. The van der Waals surface area contributed by atoms with Crippen LogP contribution in [0.25, 0.3) is 0 Å². The molecule has 1 heterocycles. The molecule has 0 bridgehead atoms. The zero-order chi connectivity index (χ0) is 10.3. The fourth-order valence-electron chi connectivity index (χ4n) is 2.72. The molecular formula is C13H16O2. The number of hydrogen-bond acceptors (Lipinski definition) is 2. The average Bonchev–Trinajstić information content (AvgIpc) is 2.98. The van der Waals surface area contributed by atoms with Gasteiger partial charge in [0.2, 0.25) is 0 Å². The summed E-state index contributed by atoms with van der Waals surface area (Å²) in [7, 11) is 0. The maximum atomic E-state index is 10.3. The fraction of sp³-hybridized carbons (Fsp3) is 0.538. The third-order valence-corrected chi connectivity index (χ3v) is 3.74. The molecule has 2 fully saturated rings. The lowest BCUT2D eigenvalue weighted by Gasteiger charge is -2.20.